The lowest BCUT2D eigenvalue weighted by molar-refractivity contribution is 0.0939. The van der Waals surface area contributed by atoms with Crippen molar-refractivity contribution in [2.45, 2.75) is 19.9 Å². The molecule has 0 unspecified atom stereocenters. The van der Waals surface area contributed by atoms with E-state index in [2.05, 4.69) is 15.4 Å². The fourth-order valence-corrected chi connectivity index (χ4v) is 2.67. The Morgan fingerprint density at radius 2 is 2.12 bits per heavy atom. The standard InChI is InChI=1S/C19H16FN5O/c1-12(24-19(26)14-6-7-16(9-21)22-10-14)18-11-23-25(13(18)2)17-5-3-4-15(20)8-17/h3-8,10-12H,1-2H3,(H,24,26)/t12-/m1/s1. The molecule has 1 atom stereocenters. The Kier molecular flexibility index (Phi) is 4.76. The molecule has 0 aliphatic carbocycles. The Bertz CT molecular complexity index is 988. The van der Waals surface area contributed by atoms with Gasteiger partial charge in [-0.2, -0.15) is 10.4 Å². The highest BCUT2D eigenvalue weighted by molar-refractivity contribution is 5.94. The third-order valence-electron chi connectivity index (χ3n) is 4.05. The maximum absolute atomic E-state index is 13.4. The molecule has 3 rings (SSSR count). The van der Waals surface area contributed by atoms with E-state index in [1.807, 2.05) is 19.9 Å². The molecule has 0 radical (unpaired) electrons. The van der Waals surface area contributed by atoms with Crippen LogP contribution >= 0.6 is 0 Å². The number of hydrogen-bond acceptors (Lipinski definition) is 4. The molecule has 0 fully saturated rings. The van der Waals surface area contributed by atoms with Crippen LogP contribution in [0.5, 0.6) is 0 Å². The van der Waals surface area contributed by atoms with Crippen LogP contribution in [0.1, 0.15) is 40.3 Å². The Morgan fingerprint density at radius 1 is 1.31 bits per heavy atom. The minimum Gasteiger partial charge on any atom is -0.345 e. The smallest absolute Gasteiger partial charge is 0.253 e. The van der Waals surface area contributed by atoms with Crippen molar-refractivity contribution in [1.29, 1.82) is 5.26 Å². The Hall–Kier alpha value is -3.53. The van der Waals surface area contributed by atoms with Gasteiger partial charge in [-0.15, -0.1) is 0 Å². The summed E-state index contributed by atoms with van der Waals surface area (Å²) in [5, 5.41) is 15.9. The number of rotatable bonds is 4. The molecule has 1 aromatic carbocycles. The molecule has 7 heteroatoms. The highest BCUT2D eigenvalue weighted by Crippen LogP contribution is 2.21. The topological polar surface area (TPSA) is 83.6 Å². The van der Waals surface area contributed by atoms with Crippen molar-refractivity contribution in [2.75, 3.05) is 0 Å². The summed E-state index contributed by atoms with van der Waals surface area (Å²) < 4.78 is 15.1. The molecule has 0 spiro atoms. The SMILES string of the molecule is Cc1c([C@@H](C)NC(=O)c2ccc(C#N)nc2)cnn1-c1cccc(F)c1. The van der Waals surface area contributed by atoms with E-state index in [-0.39, 0.29) is 23.5 Å². The van der Waals surface area contributed by atoms with Crippen LogP contribution in [0.3, 0.4) is 0 Å². The van der Waals surface area contributed by atoms with Gasteiger partial charge >= 0.3 is 0 Å². The molecule has 0 saturated carbocycles. The molecule has 0 bridgehead atoms. The van der Waals surface area contributed by atoms with Crippen LogP contribution < -0.4 is 5.32 Å². The second kappa shape index (κ2) is 7.15. The van der Waals surface area contributed by atoms with Crippen LogP contribution in [0.15, 0.2) is 48.8 Å². The van der Waals surface area contributed by atoms with E-state index in [9.17, 15) is 9.18 Å². The van der Waals surface area contributed by atoms with Crippen molar-refractivity contribution in [1.82, 2.24) is 20.1 Å². The summed E-state index contributed by atoms with van der Waals surface area (Å²) >= 11 is 0. The maximum atomic E-state index is 13.4. The van der Waals surface area contributed by atoms with Crippen molar-refractivity contribution >= 4 is 5.91 Å². The largest absolute Gasteiger partial charge is 0.345 e. The number of carbonyl (C=O) groups is 1. The van der Waals surface area contributed by atoms with Crippen LogP contribution in [0.4, 0.5) is 4.39 Å². The van der Waals surface area contributed by atoms with E-state index >= 15 is 0 Å². The maximum Gasteiger partial charge on any atom is 0.253 e. The van der Waals surface area contributed by atoms with E-state index in [4.69, 9.17) is 5.26 Å². The number of halogens is 1. The molecule has 3 aromatic rings. The molecule has 1 amide bonds. The molecule has 0 saturated heterocycles. The molecular formula is C19H16FN5O. The number of aromatic nitrogens is 3. The summed E-state index contributed by atoms with van der Waals surface area (Å²) in [6.45, 7) is 3.70. The highest BCUT2D eigenvalue weighted by Gasteiger charge is 2.17. The summed E-state index contributed by atoms with van der Waals surface area (Å²) in [4.78, 5) is 16.2. The van der Waals surface area contributed by atoms with Crippen molar-refractivity contribution in [2.24, 2.45) is 0 Å². The Morgan fingerprint density at radius 3 is 2.77 bits per heavy atom. The minimum absolute atomic E-state index is 0.252. The first-order valence-corrected chi connectivity index (χ1v) is 7.97. The number of nitriles is 1. The molecular weight excluding hydrogens is 333 g/mol. The zero-order valence-electron chi connectivity index (χ0n) is 14.3. The highest BCUT2D eigenvalue weighted by atomic mass is 19.1. The average molecular weight is 349 g/mol. The zero-order chi connectivity index (χ0) is 18.7. The number of pyridine rings is 1. The first kappa shape index (κ1) is 17.3. The van der Waals surface area contributed by atoms with E-state index in [0.29, 0.717) is 11.3 Å². The van der Waals surface area contributed by atoms with Gasteiger partial charge in [-0.1, -0.05) is 6.07 Å². The third kappa shape index (κ3) is 3.44. The predicted molar refractivity (Wildman–Crippen MR) is 93.1 cm³/mol. The van der Waals surface area contributed by atoms with Crippen molar-refractivity contribution < 1.29 is 9.18 Å². The number of nitrogens with one attached hydrogen (secondary N) is 1. The van der Waals surface area contributed by atoms with Gasteiger partial charge in [0.05, 0.1) is 23.5 Å². The summed E-state index contributed by atoms with van der Waals surface area (Å²) in [6.07, 6.45) is 3.02. The number of nitrogens with zero attached hydrogens (tertiary/aromatic N) is 4. The van der Waals surface area contributed by atoms with Crippen LogP contribution in [0, 0.1) is 24.1 Å². The van der Waals surface area contributed by atoms with Gasteiger partial charge in [-0.3, -0.25) is 4.79 Å². The number of hydrogen-bond donors (Lipinski definition) is 1. The molecule has 130 valence electrons. The minimum atomic E-state index is -0.339. The van der Waals surface area contributed by atoms with Crippen molar-refractivity contribution in [3.8, 4) is 11.8 Å². The number of amides is 1. The van der Waals surface area contributed by atoms with E-state index in [0.717, 1.165) is 11.3 Å². The van der Waals surface area contributed by atoms with Gasteiger partial charge in [0.15, 0.2) is 0 Å². The lowest BCUT2D eigenvalue weighted by Crippen LogP contribution is -2.27. The van der Waals surface area contributed by atoms with Crippen LogP contribution in [-0.4, -0.2) is 20.7 Å². The second-order valence-electron chi connectivity index (χ2n) is 5.82. The normalized spacial score (nSPS) is 11.6. The van der Waals surface area contributed by atoms with E-state index < -0.39 is 0 Å². The van der Waals surface area contributed by atoms with E-state index in [1.165, 1.54) is 24.4 Å². The first-order chi connectivity index (χ1) is 12.5. The lowest BCUT2D eigenvalue weighted by atomic mass is 10.1. The quantitative estimate of drug-likeness (QED) is 0.784. The fourth-order valence-electron chi connectivity index (χ4n) is 2.67. The monoisotopic (exact) mass is 349 g/mol. The van der Waals surface area contributed by atoms with Crippen molar-refractivity contribution in [3.05, 3.63) is 77.1 Å². The number of carbonyl (C=O) groups excluding carboxylic acids is 1. The van der Waals surface area contributed by atoms with Crippen LogP contribution in [0.25, 0.3) is 5.69 Å². The number of benzene rings is 1. The van der Waals surface area contributed by atoms with Crippen LogP contribution in [-0.2, 0) is 0 Å². The summed E-state index contributed by atoms with van der Waals surface area (Å²) in [5.41, 5.74) is 2.86. The second-order valence-corrected chi connectivity index (χ2v) is 5.82. The molecule has 0 aliphatic rings. The molecule has 1 N–H and O–H groups in total. The van der Waals surface area contributed by atoms with E-state index in [1.54, 1.807) is 29.1 Å². The van der Waals surface area contributed by atoms with Gasteiger partial charge < -0.3 is 5.32 Å². The Balaban J connectivity index is 1.79. The summed E-state index contributed by atoms with van der Waals surface area (Å²) in [7, 11) is 0. The van der Waals surface area contributed by atoms with Crippen LogP contribution in [0.2, 0.25) is 0 Å². The zero-order valence-corrected chi connectivity index (χ0v) is 14.3. The van der Waals surface area contributed by atoms with Gasteiger partial charge in [0.2, 0.25) is 0 Å². The molecule has 2 heterocycles. The fraction of sp³-hybridized carbons (Fsp3) is 0.158. The van der Waals surface area contributed by atoms with Gasteiger partial charge in [-0.05, 0) is 44.2 Å². The lowest BCUT2D eigenvalue weighted by Gasteiger charge is -2.14. The summed E-state index contributed by atoms with van der Waals surface area (Å²) in [5.74, 6) is -0.638. The first-order valence-electron chi connectivity index (χ1n) is 7.97. The van der Waals surface area contributed by atoms with Gasteiger partial charge in [0.25, 0.3) is 5.91 Å². The Labute approximate surface area is 149 Å². The van der Waals surface area contributed by atoms with Crippen molar-refractivity contribution in [3.63, 3.8) is 0 Å². The van der Waals surface area contributed by atoms with Gasteiger partial charge in [0.1, 0.15) is 17.6 Å². The molecule has 6 nitrogen and oxygen atoms in total. The third-order valence-corrected chi connectivity index (χ3v) is 4.05. The van der Waals surface area contributed by atoms with Gasteiger partial charge in [0, 0.05) is 17.5 Å². The molecule has 0 aliphatic heterocycles. The molecule has 2 aromatic heterocycles. The predicted octanol–water partition coefficient (Wildman–Crippen LogP) is 3.08. The average Bonchev–Trinajstić information content (AvgIpc) is 3.03. The molecule has 26 heavy (non-hydrogen) atoms. The summed E-state index contributed by atoms with van der Waals surface area (Å²) in [6, 6.07) is 10.8. The van der Waals surface area contributed by atoms with Gasteiger partial charge in [-0.25, -0.2) is 14.1 Å².